The van der Waals surface area contributed by atoms with E-state index in [-0.39, 0.29) is 16.9 Å². The topological polar surface area (TPSA) is 76.9 Å². The normalized spacial score (nSPS) is 15.9. The van der Waals surface area contributed by atoms with Crippen molar-refractivity contribution in [3.8, 4) is 0 Å². The summed E-state index contributed by atoms with van der Waals surface area (Å²) in [5.74, 6) is 1.42. The summed E-state index contributed by atoms with van der Waals surface area (Å²) in [6.07, 6.45) is 7.90. The Balaban J connectivity index is 1.69. The molecule has 1 saturated carbocycles. The molecule has 1 fully saturated rings. The summed E-state index contributed by atoms with van der Waals surface area (Å²) in [6.45, 7) is 12.0. The van der Waals surface area contributed by atoms with E-state index in [0.29, 0.717) is 23.7 Å². The Kier molecular flexibility index (Phi) is 7.93. The minimum absolute atomic E-state index is 0.0241. The van der Waals surface area contributed by atoms with Gasteiger partial charge in [-0.15, -0.1) is 16.8 Å². The number of nitrogens with one attached hydrogen (secondary N) is 1. The van der Waals surface area contributed by atoms with Crippen LogP contribution in [0.3, 0.4) is 0 Å². The van der Waals surface area contributed by atoms with Gasteiger partial charge in [0.25, 0.3) is 0 Å². The SMILES string of the molecule is C=CCn1c(SC(C)C(=O)c2ccc(NC(=O)C(C)(C)C)cc2)nnc1C1CCCCC1. The Hall–Kier alpha value is -2.41. The van der Waals surface area contributed by atoms with E-state index in [1.807, 2.05) is 33.8 Å². The van der Waals surface area contributed by atoms with Crippen LogP contribution in [-0.2, 0) is 11.3 Å². The van der Waals surface area contributed by atoms with Gasteiger partial charge in [0.1, 0.15) is 5.82 Å². The number of thioether (sulfide) groups is 1. The van der Waals surface area contributed by atoms with E-state index in [0.717, 1.165) is 23.8 Å². The van der Waals surface area contributed by atoms with E-state index < -0.39 is 5.41 Å². The molecule has 3 rings (SSSR count). The van der Waals surface area contributed by atoms with Gasteiger partial charge in [0.15, 0.2) is 10.9 Å². The molecule has 0 saturated heterocycles. The minimum atomic E-state index is -0.475. The van der Waals surface area contributed by atoms with Gasteiger partial charge in [-0.2, -0.15) is 0 Å². The molecule has 6 nitrogen and oxygen atoms in total. The monoisotopic (exact) mass is 454 g/mol. The molecule has 1 unspecified atom stereocenters. The molecule has 172 valence electrons. The van der Waals surface area contributed by atoms with Crippen molar-refractivity contribution in [2.24, 2.45) is 5.41 Å². The Morgan fingerprint density at radius 3 is 2.44 bits per heavy atom. The van der Waals surface area contributed by atoms with Crippen LogP contribution in [0.5, 0.6) is 0 Å². The molecule has 0 radical (unpaired) electrons. The quantitative estimate of drug-likeness (QED) is 0.307. The van der Waals surface area contributed by atoms with Gasteiger partial charge < -0.3 is 9.88 Å². The third-order valence-corrected chi connectivity index (χ3v) is 6.87. The fourth-order valence-electron chi connectivity index (χ4n) is 3.83. The van der Waals surface area contributed by atoms with Crippen molar-refractivity contribution in [1.82, 2.24) is 14.8 Å². The molecule has 1 heterocycles. The zero-order valence-corrected chi connectivity index (χ0v) is 20.4. The van der Waals surface area contributed by atoms with Gasteiger partial charge in [0.2, 0.25) is 5.91 Å². The molecule has 0 spiro atoms. The standard InChI is InChI=1S/C25H34N4O2S/c1-6-16-29-22(19-10-8-7-9-11-19)27-28-24(29)32-17(2)21(30)18-12-14-20(15-13-18)26-23(31)25(3,4)5/h6,12-15,17,19H,1,7-11,16H2,2-5H3,(H,26,31). The van der Waals surface area contributed by atoms with Crippen LogP contribution < -0.4 is 5.32 Å². The number of hydrogen-bond acceptors (Lipinski definition) is 5. The molecule has 32 heavy (non-hydrogen) atoms. The number of hydrogen-bond donors (Lipinski definition) is 1. The van der Waals surface area contributed by atoms with Crippen molar-refractivity contribution in [1.29, 1.82) is 0 Å². The maximum atomic E-state index is 13.0. The maximum absolute atomic E-state index is 13.0. The van der Waals surface area contributed by atoms with Crippen LogP contribution in [0.15, 0.2) is 42.1 Å². The van der Waals surface area contributed by atoms with Crippen LogP contribution in [-0.4, -0.2) is 31.7 Å². The smallest absolute Gasteiger partial charge is 0.229 e. The third-order valence-electron chi connectivity index (χ3n) is 5.79. The average Bonchev–Trinajstić information content (AvgIpc) is 3.16. The second-order valence-corrected chi connectivity index (χ2v) is 10.8. The highest BCUT2D eigenvalue weighted by atomic mass is 32.2. The molecule has 0 bridgehead atoms. The van der Waals surface area contributed by atoms with Gasteiger partial charge in [-0.05, 0) is 44.0 Å². The summed E-state index contributed by atoms with van der Waals surface area (Å²) >= 11 is 1.44. The Bertz CT molecular complexity index is 953. The number of carbonyl (C=O) groups excluding carboxylic acids is 2. The number of allylic oxidation sites excluding steroid dienone is 1. The van der Waals surface area contributed by atoms with E-state index in [2.05, 4.69) is 26.7 Å². The number of nitrogens with zero attached hydrogens (tertiary/aromatic N) is 3. The number of aromatic nitrogens is 3. The predicted molar refractivity (Wildman–Crippen MR) is 130 cm³/mol. The fourth-order valence-corrected chi connectivity index (χ4v) is 4.78. The first kappa shape index (κ1) is 24.2. The van der Waals surface area contributed by atoms with Crippen LogP contribution in [0, 0.1) is 5.41 Å². The van der Waals surface area contributed by atoms with Gasteiger partial charge >= 0.3 is 0 Å². The lowest BCUT2D eigenvalue weighted by Gasteiger charge is -2.21. The lowest BCUT2D eigenvalue weighted by atomic mass is 9.89. The molecule has 7 heteroatoms. The highest BCUT2D eigenvalue weighted by Crippen LogP contribution is 2.34. The van der Waals surface area contributed by atoms with Crippen LogP contribution in [0.4, 0.5) is 5.69 Å². The molecule has 0 aliphatic heterocycles. The zero-order valence-electron chi connectivity index (χ0n) is 19.6. The lowest BCUT2D eigenvalue weighted by molar-refractivity contribution is -0.123. The predicted octanol–water partition coefficient (Wildman–Crippen LogP) is 5.86. The molecule has 1 aromatic carbocycles. The van der Waals surface area contributed by atoms with Crippen LogP contribution in [0.1, 0.15) is 81.9 Å². The molecule has 1 amide bonds. The number of rotatable bonds is 8. The maximum Gasteiger partial charge on any atom is 0.229 e. The Labute approximate surface area is 195 Å². The summed E-state index contributed by atoms with van der Waals surface area (Å²) in [6, 6.07) is 7.07. The molecule has 1 N–H and O–H groups in total. The zero-order chi connectivity index (χ0) is 23.3. The number of amides is 1. The number of ketones is 1. The van der Waals surface area contributed by atoms with E-state index in [9.17, 15) is 9.59 Å². The van der Waals surface area contributed by atoms with Crippen molar-refractivity contribution in [3.63, 3.8) is 0 Å². The summed E-state index contributed by atoms with van der Waals surface area (Å²) in [5, 5.41) is 12.3. The van der Waals surface area contributed by atoms with Crippen molar-refractivity contribution in [2.75, 3.05) is 5.32 Å². The van der Waals surface area contributed by atoms with E-state index in [4.69, 9.17) is 0 Å². The van der Waals surface area contributed by atoms with Gasteiger partial charge in [-0.25, -0.2) is 0 Å². The summed E-state index contributed by atoms with van der Waals surface area (Å²) in [4.78, 5) is 25.2. The molecule has 1 atom stereocenters. The van der Waals surface area contributed by atoms with Gasteiger partial charge in [-0.3, -0.25) is 9.59 Å². The van der Waals surface area contributed by atoms with Gasteiger partial charge in [0, 0.05) is 29.1 Å². The molecule has 2 aromatic rings. The Morgan fingerprint density at radius 1 is 1.19 bits per heavy atom. The van der Waals surface area contributed by atoms with Crippen molar-refractivity contribution in [2.45, 2.75) is 82.7 Å². The summed E-state index contributed by atoms with van der Waals surface area (Å²) in [7, 11) is 0. The molecule has 1 aliphatic rings. The lowest BCUT2D eigenvalue weighted by Crippen LogP contribution is -2.27. The second-order valence-electron chi connectivity index (χ2n) is 9.48. The van der Waals surface area contributed by atoms with Crippen molar-refractivity contribution in [3.05, 3.63) is 48.3 Å². The highest BCUT2D eigenvalue weighted by Gasteiger charge is 2.26. The molecular weight excluding hydrogens is 420 g/mol. The number of Topliss-reactive ketones (excluding diaryl/α,β-unsaturated/α-hetero) is 1. The third kappa shape index (κ3) is 5.88. The van der Waals surface area contributed by atoms with E-state index >= 15 is 0 Å². The molecule has 1 aliphatic carbocycles. The largest absolute Gasteiger partial charge is 0.326 e. The van der Waals surface area contributed by atoms with Gasteiger partial charge in [0.05, 0.1) is 5.25 Å². The van der Waals surface area contributed by atoms with E-state index in [1.165, 1.54) is 31.0 Å². The van der Waals surface area contributed by atoms with Crippen LogP contribution in [0.25, 0.3) is 0 Å². The Morgan fingerprint density at radius 2 is 1.84 bits per heavy atom. The minimum Gasteiger partial charge on any atom is -0.326 e. The summed E-state index contributed by atoms with van der Waals surface area (Å²) in [5.41, 5.74) is 0.822. The van der Waals surface area contributed by atoms with E-state index in [1.54, 1.807) is 24.3 Å². The van der Waals surface area contributed by atoms with Gasteiger partial charge in [-0.1, -0.05) is 57.9 Å². The number of benzene rings is 1. The van der Waals surface area contributed by atoms with Crippen molar-refractivity contribution < 1.29 is 9.59 Å². The first-order valence-electron chi connectivity index (χ1n) is 11.4. The number of anilines is 1. The first-order valence-corrected chi connectivity index (χ1v) is 12.2. The first-order chi connectivity index (χ1) is 15.2. The number of carbonyl (C=O) groups is 2. The van der Waals surface area contributed by atoms with Crippen LogP contribution in [0.2, 0.25) is 0 Å². The molecular formula is C25H34N4O2S. The van der Waals surface area contributed by atoms with Crippen LogP contribution >= 0.6 is 11.8 Å². The second kappa shape index (κ2) is 10.5. The average molecular weight is 455 g/mol. The van der Waals surface area contributed by atoms with Crippen molar-refractivity contribution >= 4 is 29.1 Å². The summed E-state index contributed by atoms with van der Waals surface area (Å²) < 4.78 is 2.11. The highest BCUT2D eigenvalue weighted by molar-refractivity contribution is 8.00. The fraction of sp³-hybridized carbons (Fsp3) is 0.520. The molecule has 1 aromatic heterocycles.